The van der Waals surface area contributed by atoms with Gasteiger partial charge in [-0.3, -0.25) is 4.90 Å². The van der Waals surface area contributed by atoms with Crippen LogP contribution in [0.25, 0.3) is 10.9 Å². The number of piperazine rings is 1. The fourth-order valence-electron chi connectivity index (χ4n) is 4.81. The lowest BCUT2D eigenvalue weighted by molar-refractivity contribution is 0.148. The fourth-order valence-corrected chi connectivity index (χ4v) is 4.81. The average molecular weight is 477 g/mol. The van der Waals surface area contributed by atoms with Crippen LogP contribution in [0.5, 0.6) is 0 Å². The molecule has 0 bridgehead atoms. The maximum absolute atomic E-state index is 10.2. The van der Waals surface area contributed by atoms with Crippen LogP contribution in [0.4, 0.5) is 17.6 Å². The van der Waals surface area contributed by atoms with Crippen LogP contribution in [0.2, 0.25) is 0 Å². The van der Waals surface area contributed by atoms with Crippen LogP contribution in [0, 0.1) is 11.8 Å². The third kappa shape index (κ3) is 5.37. The molecule has 35 heavy (non-hydrogen) atoms. The number of aromatic nitrogens is 4. The standard InChI is InChI=1S/C26H36N8O/c1-17-14-34(15-18(17)2)25-24-21(11-22(29-25)19(3)35)13-28-26(31-24)30-23-6-5-20(12-27-23)16-33-9-7-32(4)8-10-33/h5-6,11-13,17-19,35H,7-10,14-16H2,1-4H3,(H,27,28,30,31)/t17?,18?,19-/m1/s1. The van der Waals surface area contributed by atoms with Crippen molar-refractivity contribution in [3.8, 4) is 0 Å². The van der Waals surface area contributed by atoms with Gasteiger partial charge in [0.1, 0.15) is 11.3 Å². The predicted molar refractivity (Wildman–Crippen MR) is 139 cm³/mol. The summed E-state index contributed by atoms with van der Waals surface area (Å²) in [5, 5.41) is 14.3. The minimum Gasteiger partial charge on any atom is -0.387 e. The maximum atomic E-state index is 10.2. The van der Waals surface area contributed by atoms with E-state index in [1.54, 1.807) is 13.1 Å². The average Bonchev–Trinajstić information content (AvgIpc) is 3.19. The fraction of sp³-hybridized carbons (Fsp3) is 0.538. The lowest BCUT2D eigenvalue weighted by Gasteiger charge is -2.32. The number of likely N-dealkylation sites (N-methyl/N-ethyl adjacent to an activating group) is 1. The second-order valence-electron chi connectivity index (χ2n) is 10.3. The molecule has 2 saturated heterocycles. The Morgan fingerprint density at radius 3 is 2.43 bits per heavy atom. The summed E-state index contributed by atoms with van der Waals surface area (Å²) in [7, 11) is 2.17. The Balaban J connectivity index is 1.36. The molecule has 0 amide bonds. The highest BCUT2D eigenvalue weighted by molar-refractivity contribution is 5.89. The van der Waals surface area contributed by atoms with Gasteiger partial charge >= 0.3 is 0 Å². The monoisotopic (exact) mass is 476 g/mol. The number of hydrogen-bond acceptors (Lipinski definition) is 9. The molecule has 2 aliphatic rings. The van der Waals surface area contributed by atoms with Crippen molar-refractivity contribution in [2.45, 2.75) is 33.4 Å². The lowest BCUT2D eigenvalue weighted by Crippen LogP contribution is -2.43. The highest BCUT2D eigenvalue weighted by Crippen LogP contribution is 2.32. The smallest absolute Gasteiger partial charge is 0.229 e. The zero-order chi connectivity index (χ0) is 24.5. The maximum Gasteiger partial charge on any atom is 0.229 e. The summed E-state index contributed by atoms with van der Waals surface area (Å²) in [4.78, 5) is 25.9. The van der Waals surface area contributed by atoms with Gasteiger partial charge in [-0.1, -0.05) is 19.9 Å². The van der Waals surface area contributed by atoms with Crippen LogP contribution in [-0.2, 0) is 6.54 Å². The molecule has 2 aliphatic heterocycles. The summed E-state index contributed by atoms with van der Waals surface area (Å²) in [6.07, 6.45) is 3.07. The summed E-state index contributed by atoms with van der Waals surface area (Å²) in [5.74, 6) is 3.18. The molecule has 9 heteroatoms. The van der Waals surface area contributed by atoms with Crippen molar-refractivity contribution >= 4 is 28.5 Å². The van der Waals surface area contributed by atoms with Crippen molar-refractivity contribution in [3.05, 3.63) is 41.9 Å². The quantitative estimate of drug-likeness (QED) is 0.557. The number of rotatable bonds is 6. The van der Waals surface area contributed by atoms with Gasteiger partial charge in [-0.2, -0.15) is 0 Å². The van der Waals surface area contributed by atoms with Crippen molar-refractivity contribution in [1.82, 2.24) is 29.7 Å². The number of hydrogen-bond donors (Lipinski definition) is 2. The Bertz CT molecular complexity index is 1150. The molecule has 186 valence electrons. The summed E-state index contributed by atoms with van der Waals surface area (Å²) in [6.45, 7) is 13.4. The SMILES string of the molecule is CC1CN(c2nc([C@@H](C)O)cc3cnc(Nc4ccc(CN5CCN(C)CC5)cn4)nc23)CC1C. The van der Waals surface area contributed by atoms with Gasteiger partial charge < -0.3 is 20.2 Å². The molecule has 2 N–H and O–H groups in total. The Kier molecular flexibility index (Phi) is 6.82. The third-order valence-electron chi connectivity index (χ3n) is 7.35. The minimum atomic E-state index is -0.651. The number of aliphatic hydroxyl groups is 1. The van der Waals surface area contributed by atoms with Gasteiger partial charge in [-0.05, 0) is 43.5 Å². The van der Waals surface area contributed by atoms with Crippen molar-refractivity contribution in [1.29, 1.82) is 0 Å². The van der Waals surface area contributed by atoms with Gasteiger partial charge in [-0.15, -0.1) is 0 Å². The molecule has 3 aromatic rings. The van der Waals surface area contributed by atoms with Gasteiger partial charge in [0.2, 0.25) is 5.95 Å². The minimum absolute atomic E-state index is 0.491. The summed E-state index contributed by atoms with van der Waals surface area (Å²) in [5.41, 5.74) is 2.63. The van der Waals surface area contributed by atoms with Crippen LogP contribution < -0.4 is 10.2 Å². The summed E-state index contributed by atoms with van der Waals surface area (Å²) >= 11 is 0. The molecule has 0 saturated carbocycles. The molecule has 0 radical (unpaired) electrons. The molecule has 0 aliphatic carbocycles. The van der Waals surface area contributed by atoms with Gasteiger partial charge in [0.15, 0.2) is 5.82 Å². The summed E-state index contributed by atoms with van der Waals surface area (Å²) in [6, 6.07) is 5.98. The molecule has 0 spiro atoms. The highest BCUT2D eigenvalue weighted by Gasteiger charge is 2.29. The van der Waals surface area contributed by atoms with E-state index in [0.29, 0.717) is 29.3 Å². The Morgan fingerprint density at radius 1 is 1.03 bits per heavy atom. The second kappa shape index (κ2) is 10.0. The molecule has 2 unspecified atom stereocenters. The van der Waals surface area contributed by atoms with Crippen molar-refractivity contribution in [3.63, 3.8) is 0 Å². The number of nitrogens with one attached hydrogen (secondary N) is 1. The van der Waals surface area contributed by atoms with Gasteiger partial charge in [0.25, 0.3) is 0 Å². The number of anilines is 3. The van der Waals surface area contributed by atoms with E-state index in [2.05, 4.69) is 56.9 Å². The number of nitrogens with zero attached hydrogens (tertiary/aromatic N) is 7. The van der Waals surface area contributed by atoms with E-state index in [1.165, 1.54) is 5.56 Å². The largest absolute Gasteiger partial charge is 0.387 e. The summed E-state index contributed by atoms with van der Waals surface area (Å²) < 4.78 is 0. The molecule has 3 atom stereocenters. The Hall–Kier alpha value is -2.88. The lowest BCUT2D eigenvalue weighted by atomic mass is 10.0. The van der Waals surface area contributed by atoms with Crippen molar-refractivity contribution in [2.75, 3.05) is 56.5 Å². The number of aliphatic hydroxyl groups excluding tert-OH is 1. The first-order valence-corrected chi connectivity index (χ1v) is 12.6. The molecule has 0 aromatic carbocycles. The van der Waals surface area contributed by atoms with E-state index in [0.717, 1.165) is 62.5 Å². The zero-order valence-electron chi connectivity index (χ0n) is 21.1. The van der Waals surface area contributed by atoms with E-state index in [1.807, 2.05) is 18.3 Å². The normalized spacial score (nSPS) is 22.6. The van der Waals surface area contributed by atoms with Gasteiger partial charge in [0.05, 0.1) is 11.8 Å². The first-order chi connectivity index (χ1) is 16.9. The number of pyridine rings is 2. The molecule has 5 heterocycles. The molecular formula is C26H36N8O. The van der Waals surface area contributed by atoms with E-state index < -0.39 is 6.10 Å². The van der Waals surface area contributed by atoms with Crippen LogP contribution >= 0.6 is 0 Å². The number of fused-ring (bicyclic) bond motifs is 1. The zero-order valence-corrected chi connectivity index (χ0v) is 21.1. The molecule has 3 aromatic heterocycles. The van der Waals surface area contributed by atoms with Crippen LogP contribution in [0.1, 0.15) is 38.1 Å². The molecule has 9 nitrogen and oxygen atoms in total. The first kappa shape index (κ1) is 23.8. The highest BCUT2D eigenvalue weighted by atomic mass is 16.3. The first-order valence-electron chi connectivity index (χ1n) is 12.6. The van der Waals surface area contributed by atoms with E-state index in [9.17, 15) is 5.11 Å². The molecular weight excluding hydrogens is 440 g/mol. The molecule has 5 rings (SSSR count). The van der Waals surface area contributed by atoms with E-state index >= 15 is 0 Å². The third-order valence-corrected chi connectivity index (χ3v) is 7.35. The topological polar surface area (TPSA) is 93.5 Å². The second-order valence-corrected chi connectivity index (χ2v) is 10.3. The van der Waals surface area contributed by atoms with Crippen LogP contribution in [0.3, 0.4) is 0 Å². The van der Waals surface area contributed by atoms with Crippen LogP contribution in [-0.4, -0.2) is 81.2 Å². The van der Waals surface area contributed by atoms with Crippen LogP contribution in [0.15, 0.2) is 30.6 Å². The van der Waals surface area contributed by atoms with Gasteiger partial charge in [-0.25, -0.2) is 19.9 Å². The van der Waals surface area contributed by atoms with Crippen molar-refractivity contribution < 1.29 is 5.11 Å². The van der Waals surface area contributed by atoms with Crippen molar-refractivity contribution in [2.24, 2.45) is 11.8 Å². The molecule has 2 fully saturated rings. The Labute approximate surface area is 207 Å². The van der Waals surface area contributed by atoms with Gasteiger partial charge in [0, 0.05) is 63.6 Å². The van der Waals surface area contributed by atoms with E-state index in [-0.39, 0.29) is 0 Å². The Morgan fingerprint density at radius 2 is 1.77 bits per heavy atom. The predicted octanol–water partition coefficient (Wildman–Crippen LogP) is 3.06. The van der Waals surface area contributed by atoms with E-state index in [4.69, 9.17) is 9.97 Å².